The van der Waals surface area contributed by atoms with Crippen molar-refractivity contribution in [1.82, 2.24) is 9.38 Å². The van der Waals surface area contributed by atoms with Crippen LogP contribution in [0.5, 0.6) is 0 Å². The zero-order valence-electron chi connectivity index (χ0n) is 9.18. The highest BCUT2D eigenvalue weighted by Gasteiger charge is 2.19. The second kappa shape index (κ2) is 4.73. The average molecular weight is 255 g/mol. The van der Waals surface area contributed by atoms with E-state index in [-0.39, 0.29) is 24.6 Å². The van der Waals surface area contributed by atoms with Gasteiger partial charge in [0.1, 0.15) is 5.65 Å². The first kappa shape index (κ1) is 11.9. The lowest BCUT2D eigenvalue weighted by molar-refractivity contribution is 0.0514. The number of ether oxygens (including phenoxy) is 1. The number of carbonyl (C=O) groups is 1. The molecule has 0 bridgehead atoms. The largest absolute Gasteiger partial charge is 0.461 e. The highest BCUT2D eigenvalue weighted by atomic mass is 35.5. The summed E-state index contributed by atoms with van der Waals surface area (Å²) >= 11 is 5.83. The Labute approximate surface area is 103 Å². The molecular weight excluding hydrogens is 244 g/mol. The van der Waals surface area contributed by atoms with E-state index in [0.29, 0.717) is 10.7 Å². The SMILES string of the molecule is CCOC(=O)c1c(CO)nc2cc(Cl)ccn12. The first-order valence-electron chi connectivity index (χ1n) is 5.11. The zero-order valence-corrected chi connectivity index (χ0v) is 9.94. The number of aromatic nitrogens is 2. The third-order valence-corrected chi connectivity index (χ3v) is 2.51. The molecule has 0 fully saturated rings. The van der Waals surface area contributed by atoms with Gasteiger partial charge in [0.2, 0.25) is 0 Å². The van der Waals surface area contributed by atoms with Crippen LogP contribution < -0.4 is 0 Å². The molecule has 2 aromatic heterocycles. The number of imidazole rings is 1. The van der Waals surface area contributed by atoms with Crippen molar-refractivity contribution in [3.63, 3.8) is 0 Å². The molecule has 0 amide bonds. The molecule has 0 spiro atoms. The quantitative estimate of drug-likeness (QED) is 0.846. The molecule has 6 heteroatoms. The molecule has 2 heterocycles. The summed E-state index contributed by atoms with van der Waals surface area (Å²) in [4.78, 5) is 15.9. The number of hydrogen-bond donors (Lipinski definition) is 1. The first-order valence-corrected chi connectivity index (χ1v) is 5.49. The number of halogens is 1. The molecule has 17 heavy (non-hydrogen) atoms. The van der Waals surface area contributed by atoms with Crippen LogP contribution in [0.4, 0.5) is 0 Å². The van der Waals surface area contributed by atoms with Crippen LogP contribution in [0.15, 0.2) is 18.3 Å². The number of hydrogen-bond acceptors (Lipinski definition) is 4. The highest BCUT2D eigenvalue weighted by molar-refractivity contribution is 6.30. The minimum Gasteiger partial charge on any atom is -0.461 e. The number of aliphatic hydroxyl groups is 1. The maximum Gasteiger partial charge on any atom is 0.357 e. The van der Waals surface area contributed by atoms with E-state index in [9.17, 15) is 9.90 Å². The third-order valence-electron chi connectivity index (χ3n) is 2.28. The van der Waals surface area contributed by atoms with Crippen LogP contribution in [0.25, 0.3) is 5.65 Å². The summed E-state index contributed by atoms with van der Waals surface area (Å²) in [7, 11) is 0. The lowest BCUT2D eigenvalue weighted by Crippen LogP contribution is -2.10. The summed E-state index contributed by atoms with van der Waals surface area (Å²) in [6, 6.07) is 3.25. The minimum absolute atomic E-state index is 0.237. The minimum atomic E-state index is -0.508. The van der Waals surface area contributed by atoms with Gasteiger partial charge in [-0.2, -0.15) is 0 Å². The Morgan fingerprint density at radius 3 is 3.06 bits per heavy atom. The molecule has 0 saturated heterocycles. The summed E-state index contributed by atoms with van der Waals surface area (Å²) in [5.41, 5.74) is 1.02. The Kier molecular flexibility index (Phi) is 3.31. The van der Waals surface area contributed by atoms with E-state index in [1.54, 1.807) is 29.7 Å². The third kappa shape index (κ3) is 2.11. The van der Waals surface area contributed by atoms with Gasteiger partial charge < -0.3 is 9.84 Å². The van der Waals surface area contributed by atoms with Crippen molar-refractivity contribution in [2.24, 2.45) is 0 Å². The van der Waals surface area contributed by atoms with Crippen molar-refractivity contribution in [1.29, 1.82) is 0 Å². The Balaban J connectivity index is 2.62. The molecule has 0 unspecified atom stereocenters. The summed E-state index contributed by atoms with van der Waals surface area (Å²) in [6.45, 7) is 1.66. The van der Waals surface area contributed by atoms with Crippen LogP contribution >= 0.6 is 11.6 Å². The smallest absolute Gasteiger partial charge is 0.357 e. The van der Waals surface area contributed by atoms with Crippen LogP contribution in [0.2, 0.25) is 5.02 Å². The zero-order chi connectivity index (χ0) is 12.4. The van der Waals surface area contributed by atoms with Gasteiger partial charge in [-0.25, -0.2) is 9.78 Å². The number of aliphatic hydroxyl groups excluding tert-OH is 1. The molecule has 0 aliphatic heterocycles. The number of nitrogens with zero attached hydrogens (tertiary/aromatic N) is 2. The van der Waals surface area contributed by atoms with Crippen LogP contribution in [0.3, 0.4) is 0 Å². The Hall–Kier alpha value is -1.59. The summed E-state index contributed by atoms with van der Waals surface area (Å²) < 4.78 is 6.47. The maximum absolute atomic E-state index is 11.8. The molecule has 0 radical (unpaired) electrons. The van der Waals surface area contributed by atoms with Crippen molar-refractivity contribution in [2.75, 3.05) is 6.61 Å². The van der Waals surface area contributed by atoms with Gasteiger partial charge >= 0.3 is 5.97 Å². The van der Waals surface area contributed by atoms with E-state index in [4.69, 9.17) is 16.3 Å². The molecule has 0 aliphatic carbocycles. The second-order valence-corrected chi connectivity index (χ2v) is 3.80. The van der Waals surface area contributed by atoms with Crippen LogP contribution in [0.1, 0.15) is 23.1 Å². The monoisotopic (exact) mass is 254 g/mol. The Bertz CT molecular complexity index is 565. The average Bonchev–Trinajstić information content (AvgIpc) is 2.66. The van der Waals surface area contributed by atoms with Gasteiger partial charge in [-0.15, -0.1) is 0 Å². The Morgan fingerprint density at radius 1 is 1.65 bits per heavy atom. The molecule has 0 saturated carbocycles. The molecule has 1 N–H and O–H groups in total. The predicted octanol–water partition coefficient (Wildman–Crippen LogP) is 1.66. The number of carbonyl (C=O) groups excluding carboxylic acids is 1. The number of rotatable bonds is 3. The number of esters is 1. The highest BCUT2D eigenvalue weighted by Crippen LogP contribution is 2.17. The molecular formula is C11H11ClN2O3. The topological polar surface area (TPSA) is 63.8 Å². The van der Waals surface area contributed by atoms with Crippen molar-refractivity contribution < 1.29 is 14.6 Å². The predicted molar refractivity (Wildman–Crippen MR) is 62.1 cm³/mol. The molecule has 2 aromatic rings. The van der Waals surface area contributed by atoms with Gasteiger partial charge in [-0.05, 0) is 13.0 Å². The van der Waals surface area contributed by atoms with E-state index in [2.05, 4.69) is 4.98 Å². The van der Waals surface area contributed by atoms with Crippen molar-refractivity contribution in [3.05, 3.63) is 34.7 Å². The van der Waals surface area contributed by atoms with E-state index < -0.39 is 5.97 Å². The molecule has 0 aliphatic rings. The maximum atomic E-state index is 11.8. The van der Waals surface area contributed by atoms with E-state index >= 15 is 0 Å². The molecule has 2 rings (SSSR count). The summed E-state index contributed by atoms with van der Waals surface area (Å²) in [5, 5.41) is 9.71. The van der Waals surface area contributed by atoms with Gasteiger partial charge in [0.15, 0.2) is 5.69 Å². The van der Waals surface area contributed by atoms with Crippen LogP contribution in [-0.4, -0.2) is 27.1 Å². The standard InChI is InChI=1S/C11H11ClN2O3/c1-2-17-11(16)10-8(6-15)13-9-5-7(12)3-4-14(9)10/h3-5,15H,2,6H2,1H3. The van der Waals surface area contributed by atoms with E-state index in [0.717, 1.165) is 0 Å². The summed E-state index contributed by atoms with van der Waals surface area (Å²) in [5.74, 6) is -0.508. The lowest BCUT2D eigenvalue weighted by atomic mass is 10.3. The van der Waals surface area contributed by atoms with Crippen molar-refractivity contribution in [3.8, 4) is 0 Å². The van der Waals surface area contributed by atoms with Gasteiger partial charge in [-0.3, -0.25) is 4.40 Å². The summed E-state index contributed by atoms with van der Waals surface area (Å²) in [6.07, 6.45) is 1.62. The fourth-order valence-corrected chi connectivity index (χ4v) is 1.75. The lowest BCUT2D eigenvalue weighted by Gasteiger charge is -2.03. The van der Waals surface area contributed by atoms with Crippen LogP contribution in [-0.2, 0) is 11.3 Å². The van der Waals surface area contributed by atoms with Crippen molar-refractivity contribution >= 4 is 23.2 Å². The van der Waals surface area contributed by atoms with Crippen molar-refractivity contribution in [2.45, 2.75) is 13.5 Å². The number of pyridine rings is 1. The van der Waals surface area contributed by atoms with Gasteiger partial charge in [0, 0.05) is 17.3 Å². The molecule has 5 nitrogen and oxygen atoms in total. The van der Waals surface area contributed by atoms with E-state index in [1.807, 2.05) is 0 Å². The van der Waals surface area contributed by atoms with Gasteiger partial charge in [0.25, 0.3) is 0 Å². The number of fused-ring (bicyclic) bond motifs is 1. The van der Waals surface area contributed by atoms with Gasteiger partial charge in [0.05, 0.1) is 18.9 Å². The molecule has 90 valence electrons. The van der Waals surface area contributed by atoms with Crippen LogP contribution in [0, 0.1) is 0 Å². The Morgan fingerprint density at radius 2 is 2.41 bits per heavy atom. The van der Waals surface area contributed by atoms with E-state index in [1.165, 1.54) is 0 Å². The fraction of sp³-hybridized carbons (Fsp3) is 0.273. The second-order valence-electron chi connectivity index (χ2n) is 3.36. The fourth-order valence-electron chi connectivity index (χ4n) is 1.59. The van der Waals surface area contributed by atoms with Gasteiger partial charge in [-0.1, -0.05) is 11.6 Å². The molecule has 0 aromatic carbocycles. The normalized spacial score (nSPS) is 10.8. The molecule has 0 atom stereocenters. The first-order chi connectivity index (χ1) is 8.17.